The monoisotopic (exact) mass is 342 g/mol. The molecule has 0 saturated carbocycles. The Bertz CT molecular complexity index is 737. The van der Waals surface area contributed by atoms with Crippen molar-refractivity contribution in [3.05, 3.63) is 41.2 Å². The summed E-state index contributed by atoms with van der Waals surface area (Å²) in [5, 5.41) is 18.0. The molecule has 0 aliphatic carbocycles. The number of benzene rings is 1. The van der Waals surface area contributed by atoms with Crippen molar-refractivity contribution in [1.29, 1.82) is 0 Å². The molecular formula is C19H26N4O2. The van der Waals surface area contributed by atoms with E-state index in [-0.39, 0.29) is 17.9 Å². The molecule has 0 spiro atoms. The third-order valence-corrected chi connectivity index (χ3v) is 5.57. The van der Waals surface area contributed by atoms with Crippen molar-refractivity contribution in [2.75, 3.05) is 19.7 Å². The van der Waals surface area contributed by atoms with Crippen molar-refractivity contribution < 1.29 is 9.90 Å². The number of nitrogens with zero attached hydrogens (tertiary/aromatic N) is 4. The number of carbonyl (C=O) groups excluding carboxylic acids is 1. The molecule has 1 aliphatic heterocycles. The number of hydrogen-bond acceptors (Lipinski definition) is 4. The average Bonchev–Trinajstić information content (AvgIpc) is 3.03. The van der Waals surface area contributed by atoms with Gasteiger partial charge in [0, 0.05) is 19.7 Å². The summed E-state index contributed by atoms with van der Waals surface area (Å²) in [6.45, 7) is 7.51. The summed E-state index contributed by atoms with van der Waals surface area (Å²) < 4.78 is 1.71. The number of aliphatic hydroxyl groups is 1. The van der Waals surface area contributed by atoms with Crippen molar-refractivity contribution in [3.63, 3.8) is 0 Å². The lowest BCUT2D eigenvalue weighted by molar-refractivity contribution is 0.0334. The predicted octanol–water partition coefficient (Wildman–Crippen LogP) is 2.51. The molecule has 0 unspecified atom stereocenters. The van der Waals surface area contributed by atoms with Crippen LogP contribution in [0, 0.1) is 19.3 Å². The van der Waals surface area contributed by atoms with Gasteiger partial charge in [0.1, 0.15) is 0 Å². The second-order valence-electron chi connectivity index (χ2n) is 7.07. The molecule has 3 rings (SSSR count). The first-order valence-corrected chi connectivity index (χ1v) is 8.89. The summed E-state index contributed by atoms with van der Waals surface area (Å²) in [5.41, 5.74) is 3.20. The molecule has 2 aromatic rings. The van der Waals surface area contributed by atoms with Crippen LogP contribution in [-0.2, 0) is 0 Å². The Labute approximate surface area is 148 Å². The SMILES string of the molecule is CCC1(CO)CCN(C(=O)c2nnn(-c3ccc(C)cc3)c2C)CC1. The number of aromatic nitrogens is 3. The summed E-state index contributed by atoms with van der Waals surface area (Å²) in [6.07, 6.45) is 2.60. The molecule has 1 N–H and O–H groups in total. The summed E-state index contributed by atoms with van der Waals surface area (Å²) in [7, 11) is 0. The van der Waals surface area contributed by atoms with Gasteiger partial charge >= 0.3 is 0 Å². The van der Waals surface area contributed by atoms with E-state index in [1.165, 1.54) is 5.56 Å². The first kappa shape index (κ1) is 17.6. The Balaban J connectivity index is 1.77. The average molecular weight is 342 g/mol. The van der Waals surface area contributed by atoms with Crippen molar-refractivity contribution in [2.24, 2.45) is 5.41 Å². The Hall–Kier alpha value is -2.21. The molecule has 1 aromatic heterocycles. The highest BCUT2D eigenvalue weighted by atomic mass is 16.3. The van der Waals surface area contributed by atoms with Crippen molar-refractivity contribution in [2.45, 2.75) is 40.0 Å². The molecule has 0 bridgehead atoms. The Kier molecular flexibility index (Phi) is 4.90. The van der Waals surface area contributed by atoms with Crippen molar-refractivity contribution in [3.8, 4) is 5.69 Å². The van der Waals surface area contributed by atoms with Gasteiger partial charge in [-0.15, -0.1) is 5.10 Å². The molecule has 1 saturated heterocycles. The highest BCUT2D eigenvalue weighted by Gasteiger charge is 2.35. The fourth-order valence-corrected chi connectivity index (χ4v) is 3.42. The van der Waals surface area contributed by atoms with E-state index in [2.05, 4.69) is 17.2 Å². The van der Waals surface area contributed by atoms with Gasteiger partial charge in [-0.2, -0.15) is 0 Å². The summed E-state index contributed by atoms with van der Waals surface area (Å²) >= 11 is 0. The van der Waals surface area contributed by atoms with Gasteiger partial charge in [-0.1, -0.05) is 29.8 Å². The summed E-state index contributed by atoms with van der Waals surface area (Å²) in [6, 6.07) is 7.98. The lowest BCUT2D eigenvalue weighted by atomic mass is 9.77. The molecule has 25 heavy (non-hydrogen) atoms. The Morgan fingerprint density at radius 1 is 1.20 bits per heavy atom. The molecule has 1 fully saturated rings. The number of aryl methyl sites for hydroxylation is 1. The van der Waals surface area contributed by atoms with Crippen LogP contribution in [0.15, 0.2) is 24.3 Å². The maximum Gasteiger partial charge on any atom is 0.276 e. The molecule has 2 heterocycles. The second kappa shape index (κ2) is 6.96. The lowest BCUT2D eigenvalue weighted by Gasteiger charge is -2.40. The van der Waals surface area contributed by atoms with Gasteiger partial charge in [0.2, 0.25) is 0 Å². The number of amides is 1. The number of hydrogen-bond donors (Lipinski definition) is 1. The highest BCUT2D eigenvalue weighted by molar-refractivity contribution is 5.93. The normalized spacial score (nSPS) is 16.9. The van der Waals surface area contributed by atoms with E-state index in [1.54, 1.807) is 4.68 Å². The Morgan fingerprint density at radius 3 is 2.40 bits per heavy atom. The third kappa shape index (κ3) is 3.31. The first-order valence-electron chi connectivity index (χ1n) is 8.89. The molecular weight excluding hydrogens is 316 g/mol. The quantitative estimate of drug-likeness (QED) is 0.927. The van der Waals surface area contributed by atoms with E-state index < -0.39 is 0 Å². The molecule has 6 nitrogen and oxygen atoms in total. The minimum atomic E-state index is -0.0708. The van der Waals surface area contributed by atoms with E-state index in [1.807, 2.05) is 43.0 Å². The zero-order valence-corrected chi connectivity index (χ0v) is 15.2. The van der Waals surface area contributed by atoms with Crippen LogP contribution in [0.5, 0.6) is 0 Å². The van der Waals surface area contributed by atoms with Crippen LogP contribution < -0.4 is 0 Å². The molecule has 0 atom stereocenters. The fraction of sp³-hybridized carbons (Fsp3) is 0.526. The van der Waals surface area contributed by atoms with Crippen molar-refractivity contribution in [1.82, 2.24) is 19.9 Å². The van der Waals surface area contributed by atoms with Crippen molar-refractivity contribution >= 4 is 5.91 Å². The molecule has 1 aliphatic rings. The van der Waals surface area contributed by atoms with Crippen LogP contribution in [-0.4, -0.2) is 50.6 Å². The first-order chi connectivity index (χ1) is 12.0. The van der Waals surface area contributed by atoms with E-state index in [4.69, 9.17) is 0 Å². The van der Waals surface area contributed by atoms with Crippen LogP contribution in [0.1, 0.15) is 47.9 Å². The third-order valence-electron chi connectivity index (χ3n) is 5.57. The largest absolute Gasteiger partial charge is 0.396 e. The number of rotatable bonds is 4. The fourth-order valence-electron chi connectivity index (χ4n) is 3.42. The van der Waals surface area contributed by atoms with Gasteiger partial charge in [0.15, 0.2) is 5.69 Å². The summed E-state index contributed by atoms with van der Waals surface area (Å²) in [4.78, 5) is 14.7. The summed E-state index contributed by atoms with van der Waals surface area (Å²) in [5.74, 6) is -0.0708. The van der Waals surface area contributed by atoms with Gasteiger partial charge in [-0.25, -0.2) is 4.68 Å². The Morgan fingerprint density at radius 2 is 1.84 bits per heavy atom. The van der Waals surface area contributed by atoms with Gasteiger partial charge in [-0.3, -0.25) is 4.79 Å². The van der Waals surface area contributed by atoms with Gasteiger partial charge < -0.3 is 10.0 Å². The highest BCUT2D eigenvalue weighted by Crippen LogP contribution is 2.34. The standard InChI is InChI=1S/C19H26N4O2/c1-4-19(13-24)9-11-22(12-10-19)18(25)17-15(3)23(21-20-17)16-7-5-14(2)6-8-16/h5-8,24H,4,9-13H2,1-3H3. The van der Waals surface area contributed by atoms with Crippen LogP contribution in [0.25, 0.3) is 5.69 Å². The zero-order valence-electron chi connectivity index (χ0n) is 15.2. The van der Waals surface area contributed by atoms with Crippen LogP contribution in [0.2, 0.25) is 0 Å². The number of likely N-dealkylation sites (tertiary alicyclic amines) is 1. The van der Waals surface area contributed by atoms with Gasteiger partial charge in [0.05, 0.1) is 11.4 Å². The zero-order chi connectivity index (χ0) is 18.0. The lowest BCUT2D eigenvalue weighted by Crippen LogP contribution is -2.44. The minimum Gasteiger partial charge on any atom is -0.396 e. The van der Waals surface area contributed by atoms with Gasteiger partial charge in [-0.05, 0) is 50.7 Å². The maximum atomic E-state index is 12.9. The predicted molar refractivity (Wildman–Crippen MR) is 95.8 cm³/mol. The topological polar surface area (TPSA) is 71.2 Å². The smallest absolute Gasteiger partial charge is 0.276 e. The molecule has 1 amide bonds. The van der Waals surface area contributed by atoms with Crippen LogP contribution in [0.4, 0.5) is 0 Å². The molecule has 1 aromatic carbocycles. The maximum absolute atomic E-state index is 12.9. The molecule has 134 valence electrons. The molecule has 6 heteroatoms. The van der Waals surface area contributed by atoms with Crippen LogP contribution in [0.3, 0.4) is 0 Å². The number of carbonyl (C=O) groups is 1. The van der Waals surface area contributed by atoms with Crippen LogP contribution >= 0.6 is 0 Å². The molecule has 0 radical (unpaired) electrons. The second-order valence-corrected chi connectivity index (χ2v) is 7.07. The van der Waals surface area contributed by atoms with E-state index in [0.717, 1.165) is 30.6 Å². The number of piperidine rings is 1. The van der Waals surface area contributed by atoms with E-state index >= 15 is 0 Å². The number of aliphatic hydroxyl groups excluding tert-OH is 1. The van der Waals surface area contributed by atoms with E-state index in [0.29, 0.717) is 18.8 Å². The van der Waals surface area contributed by atoms with E-state index in [9.17, 15) is 9.90 Å². The van der Waals surface area contributed by atoms with Gasteiger partial charge in [0.25, 0.3) is 5.91 Å². The minimum absolute atomic E-state index is 0.0364.